The number of rotatable bonds is 7. The van der Waals surface area contributed by atoms with E-state index in [0.29, 0.717) is 5.75 Å². The minimum Gasteiger partial charge on any atom is -0.477 e. The molecule has 0 fully saturated rings. The number of ether oxygens (including phenoxy) is 2. The van der Waals surface area contributed by atoms with Crippen molar-refractivity contribution >= 4 is 11.9 Å². The standard InChI is InChI=1S/C19H20FNO5/c1-19(24,13-8-10-14(20)11-9-13)18(23)21-12-16(17(22)25-2)26-15-6-4-3-5-7-15/h3-11,16,24H,12H2,1-2H3,(H,21,23)/t16-,19?/m1/s1. The number of hydrogen-bond acceptors (Lipinski definition) is 5. The van der Waals surface area contributed by atoms with Crippen molar-refractivity contribution in [1.29, 1.82) is 0 Å². The van der Waals surface area contributed by atoms with Crippen LogP contribution in [-0.2, 0) is 19.9 Å². The van der Waals surface area contributed by atoms with Crippen molar-refractivity contribution in [1.82, 2.24) is 5.32 Å². The molecule has 1 unspecified atom stereocenters. The van der Waals surface area contributed by atoms with Gasteiger partial charge in [0.1, 0.15) is 11.6 Å². The summed E-state index contributed by atoms with van der Waals surface area (Å²) in [6.07, 6.45) is -1.09. The average Bonchev–Trinajstić information content (AvgIpc) is 2.65. The van der Waals surface area contributed by atoms with Gasteiger partial charge < -0.3 is 19.9 Å². The second kappa shape index (κ2) is 8.44. The third-order valence-electron chi connectivity index (χ3n) is 3.78. The maximum atomic E-state index is 13.0. The second-order valence-corrected chi connectivity index (χ2v) is 5.73. The fourth-order valence-corrected chi connectivity index (χ4v) is 2.23. The van der Waals surface area contributed by atoms with E-state index in [1.54, 1.807) is 30.3 Å². The van der Waals surface area contributed by atoms with E-state index in [-0.39, 0.29) is 12.1 Å². The quantitative estimate of drug-likeness (QED) is 0.734. The first-order chi connectivity index (χ1) is 12.3. The summed E-state index contributed by atoms with van der Waals surface area (Å²) < 4.78 is 23.2. The smallest absolute Gasteiger partial charge is 0.348 e. The minimum atomic E-state index is -1.90. The summed E-state index contributed by atoms with van der Waals surface area (Å²) in [6, 6.07) is 13.5. The highest BCUT2D eigenvalue weighted by molar-refractivity contribution is 5.86. The van der Waals surface area contributed by atoms with E-state index >= 15 is 0 Å². The maximum Gasteiger partial charge on any atom is 0.348 e. The molecule has 0 aromatic heterocycles. The Morgan fingerprint density at radius 3 is 2.35 bits per heavy atom. The summed E-state index contributed by atoms with van der Waals surface area (Å²) in [7, 11) is 1.21. The Balaban J connectivity index is 2.05. The lowest BCUT2D eigenvalue weighted by atomic mass is 9.95. The van der Waals surface area contributed by atoms with Crippen LogP contribution >= 0.6 is 0 Å². The van der Waals surface area contributed by atoms with Gasteiger partial charge >= 0.3 is 5.97 Å². The van der Waals surface area contributed by atoms with Crippen LogP contribution in [0.2, 0.25) is 0 Å². The molecular formula is C19H20FNO5. The van der Waals surface area contributed by atoms with Gasteiger partial charge in [-0.15, -0.1) is 0 Å². The molecule has 2 rings (SSSR count). The Morgan fingerprint density at radius 1 is 1.15 bits per heavy atom. The molecule has 2 aromatic carbocycles. The largest absolute Gasteiger partial charge is 0.477 e. The first-order valence-corrected chi connectivity index (χ1v) is 7.91. The molecule has 0 aliphatic heterocycles. The number of amides is 1. The van der Waals surface area contributed by atoms with Crippen LogP contribution in [0.3, 0.4) is 0 Å². The molecule has 0 saturated heterocycles. The monoisotopic (exact) mass is 361 g/mol. The van der Waals surface area contributed by atoms with E-state index in [2.05, 4.69) is 10.1 Å². The second-order valence-electron chi connectivity index (χ2n) is 5.73. The Morgan fingerprint density at radius 2 is 1.77 bits per heavy atom. The molecule has 0 aliphatic rings. The number of aliphatic hydroxyl groups is 1. The summed E-state index contributed by atoms with van der Waals surface area (Å²) in [6.45, 7) is 1.07. The number of para-hydroxylation sites is 1. The zero-order chi connectivity index (χ0) is 19.2. The van der Waals surface area contributed by atoms with Gasteiger partial charge in [-0.1, -0.05) is 30.3 Å². The summed E-state index contributed by atoms with van der Waals surface area (Å²) in [5, 5.41) is 12.9. The van der Waals surface area contributed by atoms with Crippen LogP contribution in [-0.4, -0.2) is 36.7 Å². The number of carbonyl (C=O) groups excluding carboxylic acids is 2. The van der Waals surface area contributed by atoms with Crippen molar-refractivity contribution in [2.45, 2.75) is 18.6 Å². The predicted octanol–water partition coefficient (Wildman–Crippen LogP) is 1.77. The van der Waals surface area contributed by atoms with Gasteiger partial charge in [-0.05, 0) is 36.8 Å². The van der Waals surface area contributed by atoms with Crippen LogP contribution in [0.1, 0.15) is 12.5 Å². The van der Waals surface area contributed by atoms with Crippen molar-refractivity contribution in [3.63, 3.8) is 0 Å². The van der Waals surface area contributed by atoms with Crippen LogP contribution in [0.25, 0.3) is 0 Å². The molecule has 7 heteroatoms. The van der Waals surface area contributed by atoms with Crippen molar-refractivity contribution in [3.8, 4) is 5.75 Å². The predicted molar refractivity (Wildman–Crippen MR) is 91.9 cm³/mol. The summed E-state index contributed by atoms with van der Waals surface area (Å²) in [4.78, 5) is 24.2. The number of benzene rings is 2. The molecule has 6 nitrogen and oxygen atoms in total. The highest BCUT2D eigenvalue weighted by Gasteiger charge is 2.33. The van der Waals surface area contributed by atoms with Gasteiger partial charge in [0.15, 0.2) is 5.60 Å². The SMILES string of the molecule is COC(=O)[C@@H](CNC(=O)C(C)(O)c1ccc(F)cc1)Oc1ccccc1. The lowest BCUT2D eigenvalue weighted by molar-refractivity contribution is -0.149. The van der Waals surface area contributed by atoms with Gasteiger partial charge in [0.2, 0.25) is 6.10 Å². The number of esters is 1. The Hall–Kier alpha value is -2.93. The van der Waals surface area contributed by atoms with E-state index in [1.807, 2.05) is 0 Å². The lowest BCUT2D eigenvalue weighted by Crippen LogP contribution is -2.47. The average molecular weight is 361 g/mol. The van der Waals surface area contributed by atoms with E-state index < -0.39 is 29.4 Å². The molecule has 2 atom stereocenters. The first-order valence-electron chi connectivity index (χ1n) is 7.91. The van der Waals surface area contributed by atoms with Crippen LogP contribution in [0.5, 0.6) is 5.75 Å². The minimum absolute atomic E-state index is 0.211. The van der Waals surface area contributed by atoms with Gasteiger partial charge in [0.25, 0.3) is 5.91 Å². The molecule has 0 radical (unpaired) electrons. The molecule has 0 bridgehead atoms. The van der Waals surface area contributed by atoms with Crippen LogP contribution in [0.4, 0.5) is 4.39 Å². The molecule has 0 saturated carbocycles. The topological polar surface area (TPSA) is 84.9 Å². The summed E-state index contributed by atoms with van der Waals surface area (Å²) in [5.74, 6) is -1.47. The molecule has 2 N–H and O–H groups in total. The fourth-order valence-electron chi connectivity index (χ4n) is 2.23. The zero-order valence-corrected chi connectivity index (χ0v) is 14.4. The normalized spacial score (nSPS) is 14.0. The summed E-state index contributed by atoms with van der Waals surface area (Å²) >= 11 is 0. The third kappa shape index (κ3) is 4.80. The van der Waals surface area contributed by atoms with Gasteiger partial charge in [-0.3, -0.25) is 4.79 Å². The maximum absolute atomic E-state index is 13.0. The van der Waals surface area contributed by atoms with Gasteiger partial charge in [-0.25, -0.2) is 9.18 Å². The van der Waals surface area contributed by atoms with E-state index in [4.69, 9.17) is 4.74 Å². The highest BCUT2D eigenvalue weighted by Crippen LogP contribution is 2.21. The molecule has 0 heterocycles. The van der Waals surface area contributed by atoms with Crippen molar-refractivity contribution in [3.05, 3.63) is 66.0 Å². The first kappa shape index (κ1) is 19.4. The Labute approximate surface area is 150 Å². The zero-order valence-electron chi connectivity index (χ0n) is 14.4. The van der Waals surface area contributed by atoms with Crippen LogP contribution in [0.15, 0.2) is 54.6 Å². The molecule has 26 heavy (non-hydrogen) atoms. The van der Waals surface area contributed by atoms with Gasteiger partial charge in [-0.2, -0.15) is 0 Å². The van der Waals surface area contributed by atoms with E-state index in [9.17, 15) is 19.1 Å². The van der Waals surface area contributed by atoms with E-state index in [1.165, 1.54) is 26.2 Å². The number of methoxy groups -OCH3 is 1. The Kier molecular flexibility index (Phi) is 6.30. The molecule has 2 aromatic rings. The number of hydrogen-bond donors (Lipinski definition) is 2. The van der Waals surface area contributed by atoms with Crippen molar-refractivity contribution in [2.75, 3.05) is 13.7 Å². The van der Waals surface area contributed by atoms with Crippen molar-refractivity contribution < 1.29 is 28.6 Å². The van der Waals surface area contributed by atoms with Crippen LogP contribution in [0, 0.1) is 5.82 Å². The van der Waals surface area contributed by atoms with Gasteiger partial charge in [0.05, 0.1) is 13.7 Å². The van der Waals surface area contributed by atoms with E-state index in [0.717, 1.165) is 12.1 Å². The number of halogens is 1. The number of carbonyl (C=O) groups is 2. The van der Waals surface area contributed by atoms with Crippen LogP contribution < -0.4 is 10.1 Å². The lowest BCUT2D eigenvalue weighted by Gasteiger charge is -2.24. The molecule has 0 aliphatic carbocycles. The Bertz CT molecular complexity index is 746. The molecular weight excluding hydrogens is 341 g/mol. The molecule has 138 valence electrons. The molecule has 0 spiro atoms. The number of nitrogens with one attached hydrogen (secondary N) is 1. The fraction of sp³-hybridized carbons (Fsp3) is 0.263. The summed E-state index contributed by atoms with van der Waals surface area (Å²) in [5.41, 5.74) is -1.68. The highest BCUT2D eigenvalue weighted by atomic mass is 19.1. The van der Waals surface area contributed by atoms with Crippen molar-refractivity contribution in [2.24, 2.45) is 0 Å². The third-order valence-corrected chi connectivity index (χ3v) is 3.78. The molecule has 1 amide bonds. The van der Waals surface area contributed by atoms with Gasteiger partial charge in [0, 0.05) is 0 Å².